The van der Waals surface area contributed by atoms with Gasteiger partial charge in [-0.1, -0.05) is 31.6 Å². The Hall–Kier alpha value is -1.38. The van der Waals surface area contributed by atoms with Gasteiger partial charge in [-0.15, -0.1) is 0 Å². The largest absolute Gasteiger partial charge is 0.478 e. The van der Waals surface area contributed by atoms with Crippen molar-refractivity contribution in [2.45, 2.75) is 78.6 Å². The molecule has 4 aliphatic rings. The average Bonchev–Trinajstić information content (AvgIpc) is 2.98. The lowest BCUT2D eigenvalue weighted by Crippen LogP contribution is -2.53. The summed E-state index contributed by atoms with van der Waals surface area (Å²) in [5.74, 6) is 2.70. The number of rotatable bonds is 3. The summed E-state index contributed by atoms with van der Waals surface area (Å²) in [7, 11) is 0. The lowest BCUT2D eigenvalue weighted by atomic mass is 9.44. The third kappa shape index (κ3) is 3.00. The molecule has 0 spiro atoms. The van der Waals surface area contributed by atoms with Crippen LogP contribution >= 0.6 is 0 Å². The first-order chi connectivity index (χ1) is 13.3. The average molecular weight is 385 g/mol. The molecule has 4 fully saturated rings. The number of fused-ring (bicyclic) bond motifs is 5. The van der Waals surface area contributed by atoms with Gasteiger partial charge in [-0.25, -0.2) is 4.79 Å². The number of Topliss-reactive ketones (excluding diaryl/α,β-unsaturated/α-hetero) is 1. The highest BCUT2D eigenvalue weighted by Gasteiger charge is 2.60. The first kappa shape index (κ1) is 19.9. The molecule has 28 heavy (non-hydrogen) atoms. The molecule has 7 atom stereocenters. The normalized spacial score (nSPS) is 46.8. The Kier molecular flexibility index (Phi) is 5.08. The van der Waals surface area contributed by atoms with E-state index in [4.69, 9.17) is 5.11 Å². The molecule has 4 rings (SSSR count). The van der Waals surface area contributed by atoms with Gasteiger partial charge in [0.05, 0.1) is 0 Å². The van der Waals surface area contributed by atoms with Crippen molar-refractivity contribution in [1.82, 2.24) is 0 Å². The van der Waals surface area contributed by atoms with Gasteiger partial charge in [0, 0.05) is 12.0 Å². The summed E-state index contributed by atoms with van der Waals surface area (Å²) < 4.78 is 0. The fourth-order valence-corrected chi connectivity index (χ4v) is 8.39. The second-order valence-electron chi connectivity index (χ2n) is 10.6. The third-order valence-corrected chi connectivity index (χ3v) is 9.54. The number of carboxylic acids is 1. The number of ketones is 1. The second-order valence-corrected chi connectivity index (χ2v) is 10.6. The Labute approximate surface area is 169 Å². The Balaban J connectivity index is 1.60. The number of allylic oxidation sites excluding steroid dienone is 3. The van der Waals surface area contributed by atoms with Crippen LogP contribution in [0.2, 0.25) is 0 Å². The van der Waals surface area contributed by atoms with Crippen LogP contribution in [0, 0.1) is 40.4 Å². The number of aliphatic carboxylic acids is 1. The molecule has 0 aromatic carbocycles. The molecule has 0 aromatic rings. The van der Waals surface area contributed by atoms with Crippen LogP contribution in [0.25, 0.3) is 0 Å². The van der Waals surface area contributed by atoms with E-state index in [1.54, 1.807) is 6.08 Å². The van der Waals surface area contributed by atoms with E-state index in [1.807, 2.05) is 6.92 Å². The lowest BCUT2D eigenvalue weighted by molar-refractivity contribution is -0.132. The molecule has 0 bridgehead atoms. The van der Waals surface area contributed by atoms with Crippen molar-refractivity contribution >= 4 is 11.8 Å². The van der Waals surface area contributed by atoms with Crippen molar-refractivity contribution in [2.75, 3.05) is 0 Å². The van der Waals surface area contributed by atoms with Crippen LogP contribution in [0.1, 0.15) is 78.6 Å². The Morgan fingerprint density at radius 1 is 1.00 bits per heavy atom. The number of carbonyl (C=O) groups excluding carboxylic acids is 1. The summed E-state index contributed by atoms with van der Waals surface area (Å²) in [6, 6.07) is 0. The predicted molar refractivity (Wildman–Crippen MR) is 111 cm³/mol. The van der Waals surface area contributed by atoms with Gasteiger partial charge in [0.2, 0.25) is 0 Å². The van der Waals surface area contributed by atoms with Crippen molar-refractivity contribution in [3.8, 4) is 0 Å². The van der Waals surface area contributed by atoms with Crippen LogP contribution in [0.4, 0.5) is 0 Å². The van der Waals surface area contributed by atoms with Crippen LogP contribution < -0.4 is 0 Å². The van der Waals surface area contributed by atoms with Gasteiger partial charge in [-0.05, 0) is 99.2 Å². The van der Waals surface area contributed by atoms with E-state index in [-0.39, 0.29) is 11.3 Å². The van der Waals surface area contributed by atoms with Crippen molar-refractivity contribution in [3.63, 3.8) is 0 Å². The molecule has 0 unspecified atom stereocenters. The monoisotopic (exact) mass is 384 g/mol. The molecule has 1 N–H and O–H groups in total. The molecule has 4 saturated carbocycles. The van der Waals surface area contributed by atoms with E-state index >= 15 is 0 Å². The first-order valence-corrected chi connectivity index (χ1v) is 11.4. The number of hydrogen-bond donors (Lipinski definition) is 1. The molecule has 4 aliphatic carbocycles. The van der Waals surface area contributed by atoms with Gasteiger partial charge in [0.15, 0.2) is 0 Å². The maximum absolute atomic E-state index is 12.3. The van der Waals surface area contributed by atoms with Crippen LogP contribution in [-0.2, 0) is 9.59 Å². The minimum Gasteiger partial charge on any atom is -0.478 e. The summed E-state index contributed by atoms with van der Waals surface area (Å²) >= 11 is 0. The maximum atomic E-state index is 12.3. The van der Waals surface area contributed by atoms with Crippen molar-refractivity contribution in [2.24, 2.45) is 40.4 Å². The molecule has 154 valence electrons. The standard InChI is InChI=1S/C25H36O3/c1-16(26)19-11-12-21-18-9-10-20-17(6-4-8-23(27)28)7-5-14-24(20,2)22(18)13-15-25(19,21)3/h4,6,8,18-22H,5,7,9-15H2,1-3H3,(H,27,28)/t18-,19+,20+,21-,22-,24-,25+/m0/s1. The van der Waals surface area contributed by atoms with E-state index in [1.165, 1.54) is 56.6 Å². The molecule has 3 nitrogen and oxygen atoms in total. The Morgan fingerprint density at radius 2 is 1.75 bits per heavy atom. The van der Waals surface area contributed by atoms with Crippen molar-refractivity contribution < 1.29 is 14.7 Å². The molecule has 0 heterocycles. The molecular formula is C25H36O3. The molecular weight excluding hydrogens is 348 g/mol. The summed E-state index contributed by atoms with van der Waals surface area (Å²) in [6.45, 7) is 6.76. The van der Waals surface area contributed by atoms with E-state index in [0.717, 1.165) is 30.6 Å². The predicted octanol–water partition coefficient (Wildman–Crippen LogP) is 5.80. The van der Waals surface area contributed by atoms with Crippen LogP contribution in [0.15, 0.2) is 23.8 Å². The molecule has 0 aliphatic heterocycles. The van der Waals surface area contributed by atoms with Gasteiger partial charge in [-0.2, -0.15) is 0 Å². The zero-order valence-corrected chi connectivity index (χ0v) is 17.7. The molecule has 0 amide bonds. The van der Waals surface area contributed by atoms with E-state index in [2.05, 4.69) is 19.9 Å². The number of hydrogen-bond acceptors (Lipinski definition) is 2. The van der Waals surface area contributed by atoms with Gasteiger partial charge < -0.3 is 5.11 Å². The quantitative estimate of drug-likeness (QED) is 0.626. The molecule has 3 heteroatoms. The van der Waals surface area contributed by atoms with E-state index in [0.29, 0.717) is 17.1 Å². The Morgan fingerprint density at radius 3 is 2.46 bits per heavy atom. The smallest absolute Gasteiger partial charge is 0.328 e. The summed E-state index contributed by atoms with van der Waals surface area (Å²) in [6.07, 6.45) is 16.1. The SMILES string of the molecule is CC(=O)[C@H]1CC[C@H]2[C@@H]3CC[C@@H]4C(=CC=CC(=O)O)CCC[C@]4(C)[C@H]3CC[C@]12C. The van der Waals surface area contributed by atoms with Crippen LogP contribution in [0.5, 0.6) is 0 Å². The zero-order valence-electron chi connectivity index (χ0n) is 17.7. The highest BCUT2D eigenvalue weighted by atomic mass is 16.4. The maximum Gasteiger partial charge on any atom is 0.328 e. The van der Waals surface area contributed by atoms with E-state index in [9.17, 15) is 9.59 Å². The topological polar surface area (TPSA) is 54.4 Å². The first-order valence-electron chi connectivity index (χ1n) is 11.4. The molecule has 0 aromatic heterocycles. The van der Waals surface area contributed by atoms with Gasteiger partial charge in [0.1, 0.15) is 5.78 Å². The van der Waals surface area contributed by atoms with Crippen molar-refractivity contribution in [3.05, 3.63) is 23.8 Å². The Bertz CT molecular complexity index is 719. The zero-order chi connectivity index (χ0) is 20.1. The highest BCUT2D eigenvalue weighted by molar-refractivity contribution is 5.80. The molecule has 0 radical (unpaired) electrons. The van der Waals surface area contributed by atoms with Gasteiger partial charge >= 0.3 is 5.97 Å². The fraction of sp³-hybridized carbons (Fsp3) is 0.760. The van der Waals surface area contributed by atoms with Gasteiger partial charge in [0.25, 0.3) is 0 Å². The second kappa shape index (κ2) is 7.15. The minimum absolute atomic E-state index is 0.230. The fourth-order valence-electron chi connectivity index (χ4n) is 8.39. The summed E-state index contributed by atoms with van der Waals surface area (Å²) in [5, 5.41) is 8.91. The van der Waals surface area contributed by atoms with Crippen LogP contribution in [0.3, 0.4) is 0 Å². The number of carbonyl (C=O) groups is 2. The van der Waals surface area contributed by atoms with Crippen LogP contribution in [-0.4, -0.2) is 16.9 Å². The highest BCUT2D eigenvalue weighted by Crippen LogP contribution is 2.68. The van der Waals surface area contributed by atoms with Gasteiger partial charge in [-0.3, -0.25) is 4.79 Å². The number of carboxylic acid groups (broad SMARTS) is 1. The lowest BCUT2D eigenvalue weighted by Gasteiger charge is -2.61. The summed E-state index contributed by atoms with van der Waals surface area (Å²) in [5.41, 5.74) is 2.05. The third-order valence-electron chi connectivity index (χ3n) is 9.54. The molecule has 0 saturated heterocycles. The summed E-state index contributed by atoms with van der Waals surface area (Å²) in [4.78, 5) is 23.1. The van der Waals surface area contributed by atoms with E-state index < -0.39 is 5.97 Å². The minimum atomic E-state index is -0.869. The van der Waals surface area contributed by atoms with Crippen molar-refractivity contribution in [1.29, 1.82) is 0 Å².